The van der Waals surface area contributed by atoms with Crippen molar-refractivity contribution in [1.82, 2.24) is 19.7 Å². The van der Waals surface area contributed by atoms with Crippen LogP contribution in [0.25, 0.3) is 0 Å². The molecule has 0 aromatic carbocycles. The highest BCUT2D eigenvalue weighted by Gasteiger charge is 2.25. The molecule has 3 rings (SSSR count). The number of nitriles is 1. The molecule has 0 aliphatic carbocycles. The summed E-state index contributed by atoms with van der Waals surface area (Å²) in [5, 5.41) is 16.2. The summed E-state index contributed by atoms with van der Waals surface area (Å²) in [6.07, 6.45) is 2.94. The summed E-state index contributed by atoms with van der Waals surface area (Å²) in [5.41, 5.74) is 0.583. The van der Waals surface area contributed by atoms with Crippen LogP contribution in [0.3, 0.4) is 0 Å². The molecule has 1 fully saturated rings. The molecule has 1 saturated heterocycles. The number of carbonyl (C=O) groups is 1. The van der Waals surface area contributed by atoms with E-state index in [2.05, 4.69) is 35.9 Å². The first-order valence-corrected chi connectivity index (χ1v) is 10.2. The van der Waals surface area contributed by atoms with Crippen LogP contribution in [-0.2, 0) is 4.74 Å². The SMILES string of the molecule is Cc1cc(Nc2nc(N3CCC[C@@H](NC(=O)OC(C)(C)C)C3)cnc2C#N)sn1. The topological polar surface area (TPSA) is 116 Å². The Morgan fingerprint density at radius 3 is 2.90 bits per heavy atom. The lowest BCUT2D eigenvalue weighted by atomic mass is 10.1. The third-order valence-corrected chi connectivity index (χ3v) is 5.00. The number of piperidine rings is 1. The van der Waals surface area contributed by atoms with E-state index in [1.807, 2.05) is 33.8 Å². The Kier molecular flexibility index (Phi) is 6.17. The van der Waals surface area contributed by atoms with Crippen molar-refractivity contribution in [1.29, 1.82) is 5.26 Å². The Hall–Kier alpha value is -2.93. The Balaban J connectivity index is 1.71. The van der Waals surface area contributed by atoms with Gasteiger partial charge in [-0.05, 0) is 58.1 Å². The zero-order chi connectivity index (χ0) is 21.0. The molecule has 1 atom stereocenters. The van der Waals surface area contributed by atoms with E-state index < -0.39 is 11.7 Å². The van der Waals surface area contributed by atoms with Crippen molar-refractivity contribution in [3.63, 3.8) is 0 Å². The van der Waals surface area contributed by atoms with E-state index >= 15 is 0 Å². The van der Waals surface area contributed by atoms with E-state index in [9.17, 15) is 10.1 Å². The van der Waals surface area contributed by atoms with Crippen LogP contribution in [0.1, 0.15) is 45.0 Å². The van der Waals surface area contributed by atoms with Crippen molar-refractivity contribution in [3.05, 3.63) is 23.7 Å². The number of nitrogens with one attached hydrogen (secondary N) is 2. The van der Waals surface area contributed by atoms with Crippen LogP contribution in [0, 0.1) is 18.3 Å². The lowest BCUT2D eigenvalue weighted by molar-refractivity contribution is 0.0500. The van der Waals surface area contributed by atoms with Crippen LogP contribution in [0.2, 0.25) is 0 Å². The second-order valence-corrected chi connectivity index (χ2v) is 8.73. The molecule has 2 aromatic heterocycles. The quantitative estimate of drug-likeness (QED) is 0.781. The second kappa shape index (κ2) is 8.61. The van der Waals surface area contributed by atoms with Crippen LogP contribution in [0.15, 0.2) is 12.3 Å². The summed E-state index contributed by atoms with van der Waals surface area (Å²) in [7, 11) is 0. The average molecular weight is 416 g/mol. The van der Waals surface area contributed by atoms with Crippen LogP contribution in [-0.4, -0.2) is 45.2 Å². The van der Waals surface area contributed by atoms with Crippen molar-refractivity contribution in [2.75, 3.05) is 23.3 Å². The number of hydrogen-bond acceptors (Lipinski definition) is 9. The minimum Gasteiger partial charge on any atom is -0.444 e. The van der Waals surface area contributed by atoms with Gasteiger partial charge in [-0.1, -0.05) is 0 Å². The lowest BCUT2D eigenvalue weighted by Crippen LogP contribution is -2.49. The summed E-state index contributed by atoms with van der Waals surface area (Å²) in [5.74, 6) is 1.05. The maximum absolute atomic E-state index is 12.1. The van der Waals surface area contributed by atoms with Gasteiger partial charge in [-0.25, -0.2) is 14.8 Å². The molecule has 0 saturated carbocycles. The van der Waals surface area contributed by atoms with E-state index in [0.29, 0.717) is 18.2 Å². The normalized spacial score (nSPS) is 16.8. The minimum absolute atomic E-state index is 0.0448. The lowest BCUT2D eigenvalue weighted by Gasteiger charge is -2.34. The van der Waals surface area contributed by atoms with E-state index in [-0.39, 0.29) is 11.7 Å². The molecule has 0 bridgehead atoms. The maximum Gasteiger partial charge on any atom is 0.407 e. The van der Waals surface area contributed by atoms with Gasteiger partial charge in [0.1, 0.15) is 22.5 Å². The van der Waals surface area contributed by atoms with Gasteiger partial charge >= 0.3 is 6.09 Å². The molecule has 154 valence electrons. The Morgan fingerprint density at radius 1 is 1.45 bits per heavy atom. The summed E-state index contributed by atoms with van der Waals surface area (Å²) in [4.78, 5) is 23.0. The number of aryl methyl sites for hydroxylation is 1. The van der Waals surface area contributed by atoms with Gasteiger partial charge in [-0.15, -0.1) is 0 Å². The molecular formula is C19H25N7O2S. The monoisotopic (exact) mass is 415 g/mol. The first-order chi connectivity index (χ1) is 13.7. The van der Waals surface area contributed by atoms with Gasteiger partial charge in [0.15, 0.2) is 11.5 Å². The number of amides is 1. The average Bonchev–Trinajstić information content (AvgIpc) is 3.05. The fourth-order valence-corrected chi connectivity index (χ4v) is 3.68. The Labute approximate surface area is 174 Å². The van der Waals surface area contributed by atoms with Gasteiger partial charge in [0.05, 0.1) is 11.9 Å². The second-order valence-electron chi connectivity index (χ2n) is 7.93. The molecule has 2 N–H and O–H groups in total. The molecule has 1 aliphatic rings. The predicted molar refractivity (Wildman–Crippen MR) is 111 cm³/mol. The van der Waals surface area contributed by atoms with Crippen LogP contribution in [0.4, 0.5) is 21.4 Å². The summed E-state index contributed by atoms with van der Waals surface area (Å²) in [6.45, 7) is 8.81. The smallest absolute Gasteiger partial charge is 0.407 e. The van der Waals surface area contributed by atoms with Gasteiger partial charge in [-0.3, -0.25) is 0 Å². The zero-order valence-electron chi connectivity index (χ0n) is 17.0. The van der Waals surface area contributed by atoms with Gasteiger partial charge in [0.2, 0.25) is 0 Å². The maximum atomic E-state index is 12.1. The molecule has 1 amide bonds. The number of anilines is 3. The number of rotatable bonds is 4. The van der Waals surface area contributed by atoms with Gasteiger partial charge < -0.3 is 20.3 Å². The molecule has 3 heterocycles. The molecule has 9 nitrogen and oxygen atoms in total. The zero-order valence-corrected chi connectivity index (χ0v) is 17.8. The minimum atomic E-state index is -0.535. The number of alkyl carbamates (subject to hydrolysis) is 1. The van der Waals surface area contributed by atoms with Crippen molar-refractivity contribution >= 4 is 34.3 Å². The number of aromatic nitrogens is 3. The van der Waals surface area contributed by atoms with E-state index in [0.717, 1.165) is 30.1 Å². The molecule has 29 heavy (non-hydrogen) atoms. The van der Waals surface area contributed by atoms with Gasteiger partial charge in [0, 0.05) is 19.1 Å². The number of carbonyl (C=O) groups excluding carboxylic acids is 1. The van der Waals surface area contributed by atoms with Crippen LogP contribution >= 0.6 is 11.5 Å². The first-order valence-electron chi connectivity index (χ1n) is 9.45. The molecule has 0 radical (unpaired) electrons. The van der Waals surface area contributed by atoms with Crippen molar-refractivity contribution in [2.24, 2.45) is 0 Å². The molecular weight excluding hydrogens is 390 g/mol. The fraction of sp³-hybridized carbons (Fsp3) is 0.526. The fourth-order valence-electron chi connectivity index (χ4n) is 3.02. The highest BCUT2D eigenvalue weighted by molar-refractivity contribution is 7.10. The first kappa shape index (κ1) is 20.8. The van der Waals surface area contributed by atoms with E-state index in [1.54, 1.807) is 6.20 Å². The van der Waals surface area contributed by atoms with Crippen molar-refractivity contribution < 1.29 is 9.53 Å². The van der Waals surface area contributed by atoms with Crippen molar-refractivity contribution in [3.8, 4) is 6.07 Å². The Morgan fingerprint density at radius 2 is 2.24 bits per heavy atom. The van der Waals surface area contributed by atoms with Crippen molar-refractivity contribution in [2.45, 2.75) is 52.2 Å². The van der Waals surface area contributed by atoms with Gasteiger partial charge in [0.25, 0.3) is 0 Å². The molecule has 0 unspecified atom stereocenters. The van der Waals surface area contributed by atoms with Crippen LogP contribution in [0.5, 0.6) is 0 Å². The number of ether oxygens (including phenoxy) is 1. The molecule has 1 aliphatic heterocycles. The summed E-state index contributed by atoms with van der Waals surface area (Å²) < 4.78 is 9.58. The highest BCUT2D eigenvalue weighted by Crippen LogP contribution is 2.25. The van der Waals surface area contributed by atoms with E-state index in [4.69, 9.17) is 4.74 Å². The third-order valence-electron chi connectivity index (χ3n) is 4.20. The molecule has 0 spiro atoms. The number of nitrogens with zero attached hydrogens (tertiary/aromatic N) is 5. The summed E-state index contributed by atoms with van der Waals surface area (Å²) >= 11 is 1.30. The predicted octanol–water partition coefficient (Wildman–Crippen LogP) is 3.35. The molecule has 10 heteroatoms. The largest absolute Gasteiger partial charge is 0.444 e. The summed E-state index contributed by atoms with van der Waals surface area (Å²) in [6, 6.07) is 3.91. The van der Waals surface area contributed by atoms with Crippen LogP contribution < -0.4 is 15.5 Å². The van der Waals surface area contributed by atoms with Gasteiger partial charge in [-0.2, -0.15) is 9.64 Å². The molecule has 2 aromatic rings. The van der Waals surface area contributed by atoms with E-state index in [1.165, 1.54) is 11.5 Å². The standard InChI is InChI=1S/C19H25N7O2S/c1-12-8-16(29-25-12)24-17-14(9-20)21-10-15(23-17)26-7-5-6-13(11-26)22-18(27)28-19(2,3)4/h8,10,13H,5-7,11H2,1-4H3,(H,22,27)(H,23,24)/t13-/m1/s1. The Bertz CT molecular complexity index is 916. The number of hydrogen-bond donors (Lipinski definition) is 2. The third kappa shape index (κ3) is 5.77. The highest BCUT2D eigenvalue weighted by atomic mass is 32.1.